The number of allylic oxidation sites excluding steroid dienone is 1. The molecule has 92 valence electrons. The minimum Gasteiger partial charge on any atom is -0.399 e. The monoisotopic (exact) mass is 222 g/mol. The highest BCUT2D eigenvalue weighted by Gasteiger charge is 2.26. The fourth-order valence-electron chi connectivity index (χ4n) is 2.23. The largest absolute Gasteiger partial charge is 0.399 e. The molecule has 1 aliphatic rings. The zero-order chi connectivity index (χ0) is 12.0. The van der Waals surface area contributed by atoms with E-state index < -0.39 is 0 Å². The summed E-state index contributed by atoms with van der Waals surface area (Å²) in [5, 5.41) is 0. The maximum atomic E-state index is 6.39. The standard InChI is InChI=1S/C14H26N2/c1-3-5-7-12-11-14(16,9-6-4-2)10-8-13(12)15/h8,10H,3-7,9,11,15-16H2,1-2H3. The lowest BCUT2D eigenvalue weighted by Gasteiger charge is -2.31. The zero-order valence-electron chi connectivity index (χ0n) is 10.8. The molecule has 0 saturated heterocycles. The van der Waals surface area contributed by atoms with Crippen LogP contribution < -0.4 is 11.5 Å². The Kier molecular flexibility index (Phi) is 5.07. The van der Waals surface area contributed by atoms with Gasteiger partial charge in [-0.2, -0.15) is 0 Å². The Bertz CT molecular complexity index is 278. The van der Waals surface area contributed by atoms with Crippen molar-refractivity contribution in [3.8, 4) is 0 Å². The van der Waals surface area contributed by atoms with Crippen molar-refractivity contribution < 1.29 is 0 Å². The predicted molar refractivity (Wildman–Crippen MR) is 70.9 cm³/mol. The third kappa shape index (κ3) is 3.67. The van der Waals surface area contributed by atoms with Gasteiger partial charge in [0.25, 0.3) is 0 Å². The second kappa shape index (κ2) is 6.09. The average molecular weight is 222 g/mol. The van der Waals surface area contributed by atoms with E-state index in [4.69, 9.17) is 11.5 Å². The average Bonchev–Trinajstić information content (AvgIpc) is 2.28. The molecule has 1 aliphatic carbocycles. The van der Waals surface area contributed by atoms with Gasteiger partial charge in [-0.1, -0.05) is 39.2 Å². The fourth-order valence-corrected chi connectivity index (χ4v) is 2.23. The first-order valence-corrected chi connectivity index (χ1v) is 6.57. The Labute approximate surface area is 99.8 Å². The molecule has 0 heterocycles. The molecule has 2 nitrogen and oxygen atoms in total. The summed E-state index contributed by atoms with van der Waals surface area (Å²) in [5.41, 5.74) is 14.6. The van der Waals surface area contributed by atoms with Gasteiger partial charge in [0.2, 0.25) is 0 Å². The lowest BCUT2D eigenvalue weighted by Crippen LogP contribution is -2.40. The molecule has 0 amide bonds. The SMILES string of the molecule is CCCCC1=C(N)C=CC(N)(CCCC)C1. The Morgan fingerprint density at radius 1 is 1.25 bits per heavy atom. The first-order valence-electron chi connectivity index (χ1n) is 6.57. The summed E-state index contributed by atoms with van der Waals surface area (Å²) in [6.45, 7) is 4.42. The number of unbranched alkanes of at least 4 members (excludes halogenated alkanes) is 2. The summed E-state index contributed by atoms with van der Waals surface area (Å²) in [4.78, 5) is 0. The van der Waals surface area contributed by atoms with Gasteiger partial charge < -0.3 is 11.5 Å². The van der Waals surface area contributed by atoms with E-state index in [0.29, 0.717) is 0 Å². The maximum Gasteiger partial charge on any atom is 0.0381 e. The third-order valence-corrected chi connectivity index (χ3v) is 3.37. The predicted octanol–water partition coefficient (Wildman–Crippen LogP) is 3.24. The molecule has 4 N–H and O–H groups in total. The number of nitrogens with two attached hydrogens (primary N) is 2. The van der Waals surface area contributed by atoms with Crippen LogP contribution in [-0.2, 0) is 0 Å². The van der Waals surface area contributed by atoms with E-state index in [0.717, 1.165) is 25.0 Å². The maximum absolute atomic E-state index is 6.39. The number of hydrogen-bond donors (Lipinski definition) is 2. The molecular formula is C14H26N2. The molecule has 0 saturated carbocycles. The lowest BCUT2D eigenvalue weighted by molar-refractivity contribution is 0.447. The van der Waals surface area contributed by atoms with Crippen molar-refractivity contribution in [3.05, 3.63) is 23.4 Å². The summed E-state index contributed by atoms with van der Waals surface area (Å²) in [6.07, 6.45) is 12.1. The highest BCUT2D eigenvalue weighted by atomic mass is 14.7. The van der Waals surface area contributed by atoms with Gasteiger partial charge in [-0.05, 0) is 37.3 Å². The third-order valence-electron chi connectivity index (χ3n) is 3.37. The van der Waals surface area contributed by atoms with Crippen LogP contribution in [-0.4, -0.2) is 5.54 Å². The van der Waals surface area contributed by atoms with Gasteiger partial charge in [0.1, 0.15) is 0 Å². The Morgan fingerprint density at radius 2 is 1.94 bits per heavy atom. The summed E-state index contributed by atoms with van der Waals surface area (Å²) in [7, 11) is 0. The first-order chi connectivity index (χ1) is 7.61. The van der Waals surface area contributed by atoms with Crippen molar-refractivity contribution in [2.24, 2.45) is 11.5 Å². The van der Waals surface area contributed by atoms with Gasteiger partial charge in [0.05, 0.1) is 0 Å². The normalized spacial score (nSPS) is 25.2. The van der Waals surface area contributed by atoms with Crippen molar-refractivity contribution in [3.63, 3.8) is 0 Å². The molecule has 0 aromatic heterocycles. The highest BCUT2D eigenvalue weighted by molar-refractivity contribution is 5.33. The second-order valence-electron chi connectivity index (χ2n) is 5.01. The van der Waals surface area contributed by atoms with E-state index in [1.54, 1.807) is 0 Å². The molecular weight excluding hydrogens is 196 g/mol. The molecule has 0 bridgehead atoms. The molecule has 0 aromatic rings. The molecule has 0 fully saturated rings. The van der Waals surface area contributed by atoms with Crippen molar-refractivity contribution in [2.75, 3.05) is 0 Å². The van der Waals surface area contributed by atoms with Crippen LogP contribution in [0.5, 0.6) is 0 Å². The van der Waals surface area contributed by atoms with Crippen LogP contribution in [0.25, 0.3) is 0 Å². The van der Waals surface area contributed by atoms with Crippen molar-refractivity contribution in [2.45, 2.75) is 64.3 Å². The molecule has 0 radical (unpaired) electrons. The van der Waals surface area contributed by atoms with Crippen LogP contribution in [0.3, 0.4) is 0 Å². The highest BCUT2D eigenvalue weighted by Crippen LogP contribution is 2.30. The molecule has 0 aliphatic heterocycles. The molecule has 1 rings (SSSR count). The van der Waals surface area contributed by atoms with Gasteiger partial charge in [-0.25, -0.2) is 0 Å². The van der Waals surface area contributed by atoms with Crippen LogP contribution in [0.2, 0.25) is 0 Å². The van der Waals surface area contributed by atoms with Crippen LogP contribution in [0.4, 0.5) is 0 Å². The van der Waals surface area contributed by atoms with Gasteiger partial charge in [-0.15, -0.1) is 0 Å². The van der Waals surface area contributed by atoms with E-state index in [-0.39, 0.29) is 5.54 Å². The van der Waals surface area contributed by atoms with Gasteiger partial charge in [-0.3, -0.25) is 0 Å². The van der Waals surface area contributed by atoms with E-state index in [1.165, 1.54) is 31.3 Å². The fraction of sp³-hybridized carbons (Fsp3) is 0.714. The van der Waals surface area contributed by atoms with Gasteiger partial charge in [0, 0.05) is 11.2 Å². The van der Waals surface area contributed by atoms with Crippen LogP contribution in [0.1, 0.15) is 58.8 Å². The minimum absolute atomic E-state index is 0.137. The zero-order valence-corrected chi connectivity index (χ0v) is 10.8. The smallest absolute Gasteiger partial charge is 0.0381 e. The second-order valence-corrected chi connectivity index (χ2v) is 5.01. The van der Waals surface area contributed by atoms with Crippen molar-refractivity contribution in [1.82, 2.24) is 0 Å². The molecule has 0 spiro atoms. The van der Waals surface area contributed by atoms with E-state index in [9.17, 15) is 0 Å². The van der Waals surface area contributed by atoms with Crippen LogP contribution >= 0.6 is 0 Å². The summed E-state index contributed by atoms with van der Waals surface area (Å²) < 4.78 is 0. The Morgan fingerprint density at radius 3 is 2.56 bits per heavy atom. The number of hydrogen-bond acceptors (Lipinski definition) is 2. The quantitative estimate of drug-likeness (QED) is 0.725. The molecule has 16 heavy (non-hydrogen) atoms. The van der Waals surface area contributed by atoms with E-state index >= 15 is 0 Å². The van der Waals surface area contributed by atoms with Gasteiger partial charge in [0.15, 0.2) is 0 Å². The minimum atomic E-state index is -0.137. The summed E-state index contributed by atoms with van der Waals surface area (Å²) in [5.74, 6) is 0. The molecule has 0 aromatic carbocycles. The molecule has 1 atom stereocenters. The number of rotatable bonds is 6. The topological polar surface area (TPSA) is 52.0 Å². The first kappa shape index (κ1) is 13.3. The van der Waals surface area contributed by atoms with Crippen LogP contribution in [0.15, 0.2) is 23.4 Å². The summed E-state index contributed by atoms with van der Waals surface area (Å²) in [6, 6.07) is 0. The van der Waals surface area contributed by atoms with E-state index in [1.807, 2.05) is 6.08 Å². The van der Waals surface area contributed by atoms with Crippen LogP contribution in [0, 0.1) is 0 Å². The molecule has 2 heteroatoms. The van der Waals surface area contributed by atoms with Gasteiger partial charge >= 0.3 is 0 Å². The Balaban J connectivity index is 2.61. The lowest BCUT2D eigenvalue weighted by atomic mass is 9.81. The summed E-state index contributed by atoms with van der Waals surface area (Å²) >= 11 is 0. The Hall–Kier alpha value is -0.760. The van der Waals surface area contributed by atoms with E-state index in [2.05, 4.69) is 19.9 Å². The van der Waals surface area contributed by atoms with Crippen molar-refractivity contribution in [1.29, 1.82) is 0 Å². The van der Waals surface area contributed by atoms with Crippen molar-refractivity contribution >= 4 is 0 Å². The molecule has 1 unspecified atom stereocenters.